The number of hydrogen-bond acceptors (Lipinski definition) is 3. The Bertz CT molecular complexity index is 680. The third-order valence-corrected chi connectivity index (χ3v) is 4.04. The summed E-state index contributed by atoms with van der Waals surface area (Å²) in [7, 11) is 0. The average molecular weight is 440 g/mol. The van der Waals surface area contributed by atoms with Gasteiger partial charge < -0.3 is 4.74 Å². The van der Waals surface area contributed by atoms with E-state index in [1.54, 1.807) is 6.21 Å². The molecule has 2 rings (SSSR count). The molecule has 0 aliphatic heterocycles. The normalized spacial score (nSPS) is 10.7. The van der Waals surface area contributed by atoms with Crippen LogP contribution in [0.1, 0.15) is 11.1 Å². The largest absolute Gasteiger partial charge is 0.482 e. The smallest absolute Gasteiger partial charge is 0.277 e. The molecule has 0 heterocycles. The molecule has 0 unspecified atom stereocenters. The number of rotatable bonds is 6. The summed E-state index contributed by atoms with van der Waals surface area (Å²) in [4.78, 5) is 11.7. The second-order valence-corrected chi connectivity index (χ2v) is 6.63. The predicted molar refractivity (Wildman–Crippen MR) is 98.9 cm³/mol. The minimum absolute atomic E-state index is 0.0935. The first-order valence-electron chi connectivity index (χ1n) is 6.99. The number of hydrazone groups is 1. The predicted octanol–water partition coefficient (Wildman–Crippen LogP) is 4.24. The van der Waals surface area contributed by atoms with Crippen LogP contribution in [0.25, 0.3) is 0 Å². The van der Waals surface area contributed by atoms with E-state index < -0.39 is 0 Å². The van der Waals surface area contributed by atoms with Crippen LogP contribution in [0.2, 0.25) is 0 Å². The lowest BCUT2D eigenvalue weighted by Gasteiger charge is -2.10. The number of halogens is 2. The van der Waals surface area contributed by atoms with Crippen LogP contribution in [0.3, 0.4) is 0 Å². The first-order chi connectivity index (χ1) is 11.1. The minimum atomic E-state index is -0.302. The molecule has 0 atom stereocenters. The van der Waals surface area contributed by atoms with E-state index in [1.165, 1.54) is 0 Å². The summed E-state index contributed by atoms with van der Waals surface area (Å²) in [6, 6.07) is 13.7. The van der Waals surface area contributed by atoms with Gasteiger partial charge in [-0.1, -0.05) is 46.3 Å². The Balaban J connectivity index is 1.79. The second-order valence-electron chi connectivity index (χ2n) is 4.86. The van der Waals surface area contributed by atoms with E-state index in [1.807, 2.05) is 49.4 Å². The summed E-state index contributed by atoms with van der Waals surface area (Å²) in [5.41, 5.74) is 4.53. The topological polar surface area (TPSA) is 50.7 Å². The van der Waals surface area contributed by atoms with Crippen LogP contribution < -0.4 is 10.2 Å². The van der Waals surface area contributed by atoms with Crippen LogP contribution in [0.5, 0.6) is 5.75 Å². The summed E-state index contributed by atoms with van der Waals surface area (Å²) in [5, 5.41) is 3.91. The molecule has 1 N–H and O–H groups in total. The molecule has 0 bridgehead atoms. The summed E-state index contributed by atoms with van der Waals surface area (Å²) >= 11 is 6.83. The molecule has 0 aliphatic rings. The molecule has 2 aromatic rings. The molecule has 23 heavy (non-hydrogen) atoms. The van der Waals surface area contributed by atoms with Crippen molar-refractivity contribution >= 4 is 44.0 Å². The number of carbonyl (C=O) groups is 1. The molecular formula is C17H16Br2N2O2. The number of carbonyl (C=O) groups excluding carboxylic acids is 1. The van der Waals surface area contributed by atoms with Gasteiger partial charge in [-0.05, 0) is 46.1 Å². The summed E-state index contributed by atoms with van der Waals surface area (Å²) < 4.78 is 7.29. The minimum Gasteiger partial charge on any atom is -0.482 e. The number of nitrogens with one attached hydrogen (secondary N) is 1. The fourth-order valence-electron chi connectivity index (χ4n) is 1.92. The van der Waals surface area contributed by atoms with Crippen LogP contribution in [-0.2, 0) is 11.2 Å². The number of hydrogen-bond donors (Lipinski definition) is 1. The molecule has 0 aliphatic carbocycles. The lowest BCUT2D eigenvalue weighted by atomic mass is 10.2. The highest BCUT2D eigenvalue weighted by molar-refractivity contribution is 9.11. The number of benzene rings is 2. The Labute approximate surface area is 152 Å². The summed E-state index contributed by atoms with van der Waals surface area (Å²) in [5.74, 6) is 0.347. The van der Waals surface area contributed by atoms with E-state index in [9.17, 15) is 4.79 Å². The Morgan fingerprint density at radius 3 is 2.70 bits per heavy atom. The summed E-state index contributed by atoms with van der Waals surface area (Å²) in [6.07, 6.45) is 2.33. The lowest BCUT2D eigenvalue weighted by Crippen LogP contribution is -2.25. The van der Waals surface area contributed by atoms with Gasteiger partial charge in [0, 0.05) is 17.1 Å². The van der Waals surface area contributed by atoms with E-state index in [2.05, 4.69) is 42.4 Å². The van der Waals surface area contributed by atoms with Crippen molar-refractivity contribution in [2.45, 2.75) is 13.3 Å². The fraction of sp³-hybridized carbons (Fsp3) is 0.176. The van der Waals surface area contributed by atoms with E-state index in [4.69, 9.17) is 4.74 Å². The van der Waals surface area contributed by atoms with E-state index in [-0.39, 0.29) is 12.5 Å². The van der Waals surface area contributed by atoms with Crippen molar-refractivity contribution in [3.8, 4) is 5.75 Å². The van der Waals surface area contributed by atoms with Crippen LogP contribution >= 0.6 is 31.9 Å². The Kier molecular flexibility index (Phi) is 6.80. The molecule has 4 nitrogen and oxygen atoms in total. The Hall–Kier alpha value is -1.66. The molecule has 2 aromatic carbocycles. The molecule has 0 saturated carbocycles. The molecule has 6 heteroatoms. The zero-order valence-corrected chi connectivity index (χ0v) is 15.7. The van der Waals surface area contributed by atoms with Gasteiger partial charge in [-0.15, -0.1) is 0 Å². The number of amides is 1. The van der Waals surface area contributed by atoms with E-state index in [0.717, 1.165) is 20.1 Å². The van der Waals surface area contributed by atoms with Gasteiger partial charge in [-0.2, -0.15) is 5.10 Å². The monoisotopic (exact) mass is 438 g/mol. The molecule has 0 spiro atoms. The van der Waals surface area contributed by atoms with Crippen LogP contribution in [-0.4, -0.2) is 18.7 Å². The quantitative estimate of drug-likeness (QED) is 0.540. The van der Waals surface area contributed by atoms with Crippen LogP contribution in [0, 0.1) is 6.92 Å². The van der Waals surface area contributed by atoms with Crippen molar-refractivity contribution < 1.29 is 9.53 Å². The summed E-state index contributed by atoms with van der Waals surface area (Å²) in [6.45, 7) is 1.82. The van der Waals surface area contributed by atoms with E-state index >= 15 is 0 Å². The standard InChI is InChI=1S/C17H16Br2N2O2/c1-12-9-14(18)10-15(19)17(12)23-11-16(22)21-20-8-7-13-5-3-2-4-6-13/h2-6,8-10H,7,11H2,1H3,(H,21,22)/b20-8+. The van der Waals surface area contributed by atoms with Crippen molar-refractivity contribution in [3.63, 3.8) is 0 Å². The highest BCUT2D eigenvalue weighted by Gasteiger charge is 2.09. The number of ether oxygens (including phenoxy) is 1. The lowest BCUT2D eigenvalue weighted by molar-refractivity contribution is -0.123. The Morgan fingerprint density at radius 2 is 2.00 bits per heavy atom. The van der Waals surface area contributed by atoms with Crippen LogP contribution in [0.15, 0.2) is 56.5 Å². The van der Waals surface area contributed by atoms with Gasteiger partial charge in [-0.25, -0.2) is 5.43 Å². The first-order valence-corrected chi connectivity index (χ1v) is 8.57. The highest BCUT2D eigenvalue weighted by Crippen LogP contribution is 2.32. The fourth-order valence-corrected chi connectivity index (χ4v) is 3.48. The van der Waals surface area contributed by atoms with E-state index in [0.29, 0.717) is 12.2 Å². The highest BCUT2D eigenvalue weighted by atomic mass is 79.9. The van der Waals surface area contributed by atoms with Gasteiger partial charge in [0.1, 0.15) is 5.75 Å². The zero-order valence-electron chi connectivity index (χ0n) is 12.6. The average Bonchev–Trinajstić information content (AvgIpc) is 2.51. The number of nitrogens with zero attached hydrogens (tertiary/aromatic N) is 1. The molecule has 0 radical (unpaired) electrons. The number of aryl methyl sites for hydroxylation is 1. The van der Waals surface area contributed by atoms with Crippen molar-refractivity contribution in [3.05, 3.63) is 62.5 Å². The van der Waals surface area contributed by atoms with Gasteiger partial charge in [0.15, 0.2) is 6.61 Å². The molecule has 0 aromatic heterocycles. The van der Waals surface area contributed by atoms with Crippen LogP contribution in [0.4, 0.5) is 0 Å². The Morgan fingerprint density at radius 1 is 1.26 bits per heavy atom. The molecule has 0 saturated heterocycles. The molecular weight excluding hydrogens is 424 g/mol. The molecule has 120 valence electrons. The van der Waals surface area contributed by atoms with Crippen molar-refractivity contribution in [2.24, 2.45) is 5.10 Å². The maximum Gasteiger partial charge on any atom is 0.277 e. The molecule has 1 amide bonds. The maximum absolute atomic E-state index is 11.7. The second kappa shape index (κ2) is 8.84. The zero-order chi connectivity index (χ0) is 16.7. The van der Waals surface area contributed by atoms with Gasteiger partial charge in [0.25, 0.3) is 5.91 Å². The van der Waals surface area contributed by atoms with Crippen molar-refractivity contribution in [1.29, 1.82) is 0 Å². The van der Waals surface area contributed by atoms with Crippen molar-refractivity contribution in [2.75, 3.05) is 6.61 Å². The first kappa shape index (κ1) is 17.7. The van der Waals surface area contributed by atoms with Gasteiger partial charge in [-0.3, -0.25) is 4.79 Å². The maximum atomic E-state index is 11.7. The van der Waals surface area contributed by atoms with Gasteiger partial charge >= 0.3 is 0 Å². The van der Waals surface area contributed by atoms with Gasteiger partial charge in [0.2, 0.25) is 0 Å². The third-order valence-electron chi connectivity index (χ3n) is 2.99. The molecule has 0 fully saturated rings. The third kappa shape index (κ3) is 5.80. The van der Waals surface area contributed by atoms with Gasteiger partial charge in [0.05, 0.1) is 4.47 Å². The SMILES string of the molecule is Cc1cc(Br)cc(Br)c1OCC(=O)N/N=C/Cc1ccccc1. The van der Waals surface area contributed by atoms with Crippen molar-refractivity contribution in [1.82, 2.24) is 5.43 Å².